The van der Waals surface area contributed by atoms with E-state index >= 15 is 0 Å². The Hall–Kier alpha value is -0.940. The molecule has 100 valence electrons. The van der Waals surface area contributed by atoms with Crippen LogP contribution in [-0.2, 0) is 0 Å². The molecular weight excluding hydrogens is 299 g/mol. The van der Waals surface area contributed by atoms with Crippen molar-refractivity contribution in [2.24, 2.45) is 0 Å². The van der Waals surface area contributed by atoms with Crippen LogP contribution in [0.25, 0.3) is 0 Å². The van der Waals surface area contributed by atoms with E-state index in [2.05, 4.69) is 40.0 Å². The molecule has 1 aromatic carbocycles. The van der Waals surface area contributed by atoms with E-state index in [1.807, 2.05) is 0 Å². The molecule has 0 radical (unpaired) electrons. The number of benzene rings is 1. The first kappa shape index (κ1) is 15.1. The van der Waals surface area contributed by atoms with Crippen LogP contribution in [0.2, 0.25) is 0 Å². The molecule has 0 aliphatic heterocycles. The van der Waals surface area contributed by atoms with Crippen molar-refractivity contribution < 1.29 is 9.18 Å². The van der Waals surface area contributed by atoms with E-state index in [9.17, 15) is 9.18 Å². The fraction of sp³-hybridized carbons (Fsp3) is 0.462. The molecule has 1 amide bonds. The van der Waals surface area contributed by atoms with Crippen molar-refractivity contribution in [2.75, 3.05) is 26.2 Å². The Balaban J connectivity index is 2.48. The van der Waals surface area contributed by atoms with Gasteiger partial charge in [-0.15, -0.1) is 0 Å². The largest absolute Gasteiger partial charge is 0.351 e. The quantitative estimate of drug-likeness (QED) is 0.875. The lowest BCUT2D eigenvalue weighted by Gasteiger charge is -2.17. The van der Waals surface area contributed by atoms with E-state index in [-0.39, 0.29) is 5.91 Å². The number of nitrogens with zero attached hydrogens (tertiary/aromatic N) is 1. The SMILES string of the molecule is CCN(CC)CCNC(=O)c1ccc(Br)c(F)c1. The number of amides is 1. The summed E-state index contributed by atoms with van der Waals surface area (Å²) in [5, 5.41) is 2.78. The minimum Gasteiger partial charge on any atom is -0.351 e. The molecule has 0 saturated heterocycles. The highest BCUT2D eigenvalue weighted by atomic mass is 79.9. The second kappa shape index (κ2) is 7.48. The summed E-state index contributed by atoms with van der Waals surface area (Å²) in [6.45, 7) is 7.44. The third-order valence-electron chi connectivity index (χ3n) is 2.79. The molecule has 0 fully saturated rings. The van der Waals surface area contributed by atoms with E-state index in [0.717, 1.165) is 19.6 Å². The summed E-state index contributed by atoms with van der Waals surface area (Å²) in [4.78, 5) is 14.0. The van der Waals surface area contributed by atoms with Gasteiger partial charge in [-0.1, -0.05) is 13.8 Å². The smallest absolute Gasteiger partial charge is 0.251 e. The minimum absolute atomic E-state index is 0.242. The van der Waals surface area contributed by atoms with Crippen LogP contribution in [0.3, 0.4) is 0 Å². The predicted octanol–water partition coefficient (Wildman–Crippen LogP) is 2.66. The standard InChI is InChI=1S/C13H18BrFN2O/c1-3-17(4-2)8-7-16-13(18)10-5-6-11(14)12(15)9-10/h5-6,9H,3-4,7-8H2,1-2H3,(H,16,18). The number of hydrogen-bond donors (Lipinski definition) is 1. The van der Waals surface area contributed by atoms with Gasteiger partial charge in [-0.05, 0) is 47.2 Å². The predicted molar refractivity (Wildman–Crippen MR) is 74.2 cm³/mol. The molecule has 1 aromatic rings. The van der Waals surface area contributed by atoms with Crippen LogP contribution in [-0.4, -0.2) is 37.0 Å². The lowest BCUT2D eigenvalue weighted by molar-refractivity contribution is 0.0948. The molecule has 0 aliphatic carbocycles. The van der Waals surface area contributed by atoms with E-state index < -0.39 is 5.82 Å². The molecule has 5 heteroatoms. The summed E-state index contributed by atoms with van der Waals surface area (Å²) in [5.41, 5.74) is 0.343. The van der Waals surface area contributed by atoms with Crippen molar-refractivity contribution in [2.45, 2.75) is 13.8 Å². The topological polar surface area (TPSA) is 32.3 Å². The van der Waals surface area contributed by atoms with Crippen molar-refractivity contribution in [3.05, 3.63) is 34.1 Å². The maximum Gasteiger partial charge on any atom is 0.251 e. The number of carbonyl (C=O) groups excluding carboxylic acids is 1. The van der Waals surface area contributed by atoms with E-state index in [0.29, 0.717) is 16.6 Å². The Bertz CT molecular complexity index is 408. The van der Waals surface area contributed by atoms with Crippen molar-refractivity contribution in [3.63, 3.8) is 0 Å². The Kier molecular flexibility index (Phi) is 6.29. The lowest BCUT2D eigenvalue weighted by Crippen LogP contribution is -2.34. The first-order chi connectivity index (χ1) is 8.58. The molecule has 0 atom stereocenters. The maximum atomic E-state index is 13.3. The van der Waals surface area contributed by atoms with Gasteiger partial charge >= 0.3 is 0 Å². The van der Waals surface area contributed by atoms with Crippen molar-refractivity contribution in [1.82, 2.24) is 10.2 Å². The monoisotopic (exact) mass is 316 g/mol. The zero-order valence-corrected chi connectivity index (χ0v) is 12.3. The van der Waals surface area contributed by atoms with E-state index in [1.54, 1.807) is 6.07 Å². The van der Waals surface area contributed by atoms with Crippen LogP contribution in [0.4, 0.5) is 4.39 Å². The minimum atomic E-state index is -0.425. The molecule has 3 nitrogen and oxygen atoms in total. The van der Waals surface area contributed by atoms with Gasteiger partial charge in [0.25, 0.3) is 5.91 Å². The molecule has 0 saturated carbocycles. The first-order valence-corrected chi connectivity index (χ1v) is 6.83. The van der Waals surface area contributed by atoms with Crippen LogP contribution < -0.4 is 5.32 Å². The van der Waals surface area contributed by atoms with Gasteiger partial charge in [0.05, 0.1) is 4.47 Å². The van der Waals surface area contributed by atoms with Crippen LogP contribution >= 0.6 is 15.9 Å². The highest BCUT2D eigenvalue weighted by molar-refractivity contribution is 9.10. The highest BCUT2D eigenvalue weighted by Crippen LogP contribution is 2.16. The Labute approximate surface area is 115 Å². The zero-order valence-electron chi connectivity index (χ0n) is 10.7. The van der Waals surface area contributed by atoms with Crippen molar-refractivity contribution in [1.29, 1.82) is 0 Å². The van der Waals surface area contributed by atoms with Crippen LogP contribution in [0.5, 0.6) is 0 Å². The summed E-state index contributed by atoms with van der Waals surface area (Å²) in [5.74, 6) is -0.667. The van der Waals surface area contributed by atoms with Gasteiger partial charge in [-0.3, -0.25) is 4.79 Å². The van der Waals surface area contributed by atoms with Crippen LogP contribution in [0, 0.1) is 5.82 Å². The van der Waals surface area contributed by atoms with Gasteiger partial charge in [0.15, 0.2) is 0 Å². The summed E-state index contributed by atoms with van der Waals surface area (Å²) in [6, 6.07) is 4.37. The molecule has 0 bridgehead atoms. The number of halogens is 2. The van der Waals surface area contributed by atoms with Crippen LogP contribution in [0.1, 0.15) is 24.2 Å². The number of nitrogens with one attached hydrogen (secondary N) is 1. The number of carbonyl (C=O) groups is 1. The summed E-state index contributed by atoms with van der Waals surface area (Å²) < 4.78 is 13.6. The molecule has 0 spiro atoms. The number of rotatable bonds is 6. The maximum absolute atomic E-state index is 13.3. The normalized spacial score (nSPS) is 10.7. The van der Waals surface area contributed by atoms with E-state index in [1.165, 1.54) is 12.1 Å². The highest BCUT2D eigenvalue weighted by Gasteiger charge is 2.08. The Morgan fingerprint density at radius 3 is 2.61 bits per heavy atom. The van der Waals surface area contributed by atoms with Gasteiger partial charge in [0.2, 0.25) is 0 Å². The molecule has 0 unspecified atom stereocenters. The summed E-state index contributed by atoms with van der Waals surface area (Å²) in [7, 11) is 0. The second-order valence-corrected chi connectivity index (χ2v) is 4.77. The summed E-state index contributed by atoms with van der Waals surface area (Å²) in [6.07, 6.45) is 0. The molecule has 18 heavy (non-hydrogen) atoms. The van der Waals surface area contributed by atoms with Crippen molar-refractivity contribution in [3.8, 4) is 0 Å². The first-order valence-electron chi connectivity index (χ1n) is 6.04. The molecular formula is C13H18BrFN2O. The average Bonchev–Trinajstić information content (AvgIpc) is 2.37. The molecule has 0 heterocycles. The third kappa shape index (κ3) is 4.38. The third-order valence-corrected chi connectivity index (χ3v) is 3.43. The van der Waals surface area contributed by atoms with E-state index in [4.69, 9.17) is 0 Å². The van der Waals surface area contributed by atoms with Crippen molar-refractivity contribution >= 4 is 21.8 Å². The summed E-state index contributed by atoms with van der Waals surface area (Å²) >= 11 is 3.06. The lowest BCUT2D eigenvalue weighted by atomic mass is 10.2. The van der Waals surface area contributed by atoms with Gasteiger partial charge in [-0.25, -0.2) is 4.39 Å². The average molecular weight is 317 g/mol. The van der Waals surface area contributed by atoms with Gasteiger partial charge in [0, 0.05) is 18.7 Å². The van der Waals surface area contributed by atoms with Gasteiger partial charge < -0.3 is 10.2 Å². The second-order valence-electron chi connectivity index (χ2n) is 3.91. The molecule has 1 rings (SSSR count). The number of likely N-dealkylation sites (N-methyl/N-ethyl adjacent to an activating group) is 1. The molecule has 1 N–H and O–H groups in total. The van der Waals surface area contributed by atoms with Crippen LogP contribution in [0.15, 0.2) is 22.7 Å². The Morgan fingerprint density at radius 1 is 1.39 bits per heavy atom. The molecule has 0 aliphatic rings. The van der Waals surface area contributed by atoms with Gasteiger partial charge in [0.1, 0.15) is 5.82 Å². The number of hydrogen-bond acceptors (Lipinski definition) is 2. The Morgan fingerprint density at radius 2 is 2.06 bits per heavy atom. The zero-order chi connectivity index (χ0) is 13.5. The molecule has 0 aromatic heterocycles. The fourth-order valence-electron chi connectivity index (χ4n) is 1.61. The van der Waals surface area contributed by atoms with Gasteiger partial charge in [-0.2, -0.15) is 0 Å². The fourth-order valence-corrected chi connectivity index (χ4v) is 1.85.